The van der Waals surface area contributed by atoms with Crippen molar-refractivity contribution in [3.05, 3.63) is 0 Å². The average Bonchev–Trinajstić information content (AvgIpc) is 2.62. The van der Waals surface area contributed by atoms with E-state index in [4.69, 9.17) is 28.4 Å². The predicted molar refractivity (Wildman–Crippen MR) is 145 cm³/mol. The van der Waals surface area contributed by atoms with Gasteiger partial charge in [-0.15, -0.1) is 0 Å². The molecule has 0 saturated heterocycles. The van der Waals surface area contributed by atoms with Crippen molar-refractivity contribution in [2.45, 2.75) is 122 Å². The Morgan fingerprint density at radius 2 is 0.848 bits per heavy atom. The summed E-state index contributed by atoms with van der Waals surface area (Å²) in [5.74, 6) is 0. The van der Waals surface area contributed by atoms with Gasteiger partial charge in [0.2, 0.25) is 0 Å². The molecule has 0 aromatic rings. The molecule has 3 unspecified atom stereocenters. The van der Waals surface area contributed by atoms with Crippen molar-refractivity contribution in [2.24, 2.45) is 0 Å². The lowest BCUT2D eigenvalue weighted by atomic mass is 10.0. The molecule has 3 atom stereocenters. The molecule has 0 heterocycles. The smallest absolute Gasteiger partial charge is 0.138 e. The quantitative estimate of drug-likeness (QED) is 0.254. The summed E-state index contributed by atoms with van der Waals surface area (Å²) >= 11 is 0. The standard InChI is InChI=1S/C24H53B3O6/c1-18(25)28-13-10-22(4,5)31-16-21(33-24(8,9)12-15-30-20(3)27)17-32-23(6,7)11-14-29-19(2)26/h18-21H,10-17,25-27H2,1-9H3. The van der Waals surface area contributed by atoms with Gasteiger partial charge in [0.1, 0.15) is 29.6 Å². The van der Waals surface area contributed by atoms with Crippen molar-refractivity contribution in [3.8, 4) is 0 Å². The van der Waals surface area contributed by atoms with Crippen LogP contribution in [0.2, 0.25) is 0 Å². The van der Waals surface area contributed by atoms with Crippen LogP contribution in [0.4, 0.5) is 0 Å². The zero-order valence-corrected chi connectivity index (χ0v) is 23.9. The fourth-order valence-corrected chi connectivity index (χ4v) is 3.03. The first-order valence-corrected chi connectivity index (χ1v) is 12.8. The predicted octanol–water partition coefficient (Wildman–Crippen LogP) is 1.90. The van der Waals surface area contributed by atoms with Gasteiger partial charge in [-0.2, -0.15) is 0 Å². The molecule has 0 rings (SSSR count). The largest absolute Gasteiger partial charge is 0.387 e. The Hall–Kier alpha value is -0.0452. The van der Waals surface area contributed by atoms with Crippen LogP contribution in [0.3, 0.4) is 0 Å². The van der Waals surface area contributed by atoms with Gasteiger partial charge in [0.05, 0.1) is 30.0 Å². The van der Waals surface area contributed by atoms with Gasteiger partial charge in [0, 0.05) is 37.8 Å². The molecule has 0 aromatic carbocycles. The van der Waals surface area contributed by atoms with Crippen LogP contribution in [0.25, 0.3) is 0 Å². The van der Waals surface area contributed by atoms with E-state index < -0.39 is 0 Å². The molecular formula is C24H53B3O6. The maximum absolute atomic E-state index is 6.50. The first kappa shape index (κ1) is 33.0. The van der Waals surface area contributed by atoms with Crippen LogP contribution < -0.4 is 0 Å². The van der Waals surface area contributed by atoms with E-state index >= 15 is 0 Å². The Morgan fingerprint density at radius 1 is 0.545 bits per heavy atom. The molecule has 0 aliphatic rings. The van der Waals surface area contributed by atoms with Gasteiger partial charge >= 0.3 is 0 Å². The SMILES string of the molecule is BC(C)OCCC(C)(C)OCC(COC(C)(C)CCOC(B)C)OC(C)(C)CCOC(B)C. The number of hydrogen-bond acceptors (Lipinski definition) is 6. The van der Waals surface area contributed by atoms with Gasteiger partial charge in [0.15, 0.2) is 0 Å². The number of hydrogen-bond donors (Lipinski definition) is 0. The van der Waals surface area contributed by atoms with E-state index in [1.807, 2.05) is 29.5 Å². The van der Waals surface area contributed by atoms with Crippen molar-refractivity contribution < 1.29 is 28.4 Å². The molecule has 6 nitrogen and oxygen atoms in total. The Labute approximate surface area is 207 Å². The molecule has 0 bridgehead atoms. The normalized spacial score (nSPS) is 17.0. The van der Waals surface area contributed by atoms with Crippen LogP contribution >= 0.6 is 0 Å². The molecule has 0 aliphatic carbocycles. The highest BCUT2D eigenvalue weighted by molar-refractivity contribution is 6.11. The fourth-order valence-electron chi connectivity index (χ4n) is 3.03. The zero-order chi connectivity index (χ0) is 25.7. The van der Waals surface area contributed by atoms with Crippen molar-refractivity contribution in [1.82, 2.24) is 0 Å². The van der Waals surface area contributed by atoms with E-state index in [-0.39, 0.29) is 40.9 Å². The summed E-state index contributed by atoms with van der Waals surface area (Å²) in [6.07, 6.45) is 2.26. The Morgan fingerprint density at radius 3 is 1.15 bits per heavy atom. The maximum atomic E-state index is 6.50. The second-order valence-electron chi connectivity index (χ2n) is 11.6. The topological polar surface area (TPSA) is 55.4 Å². The molecule has 0 fully saturated rings. The Bertz CT molecular complexity index is 469. The van der Waals surface area contributed by atoms with Gasteiger partial charge in [0.25, 0.3) is 0 Å². The molecule has 0 aliphatic heterocycles. The van der Waals surface area contributed by atoms with E-state index in [1.54, 1.807) is 0 Å². The highest BCUT2D eigenvalue weighted by Gasteiger charge is 2.29. The summed E-state index contributed by atoms with van der Waals surface area (Å²) in [6.45, 7) is 21.7. The summed E-state index contributed by atoms with van der Waals surface area (Å²) in [5.41, 5.74) is -0.952. The maximum Gasteiger partial charge on any atom is 0.138 e. The van der Waals surface area contributed by atoms with Gasteiger partial charge in [-0.3, -0.25) is 0 Å². The minimum Gasteiger partial charge on any atom is -0.387 e. The summed E-state index contributed by atoms with van der Waals surface area (Å²) in [7, 11) is 6.15. The van der Waals surface area contributed by atoms with Crippen LogP contribution in [-0.4, -0.2) is 97.5 Å². The second kappa shape index (κ2) is 15.8. The van der Waals surface area contributed by atoms with Crippen LogP contribution in [0.15, 0.2) is 0 Å². The molecular weight excluding hydrogens is 417 g/mol. The zero-order valence-electron chi connectivity index (χ0n) is 23.9. The van der Waals surface area contributed by atoms with Crippen molar-refractivity contribution >= 4 is 23.5 Å². The van der Waals surface area contributed by atoms with Gasteiger partial charge in [-0.25, -0.2) is 0 Å². The third kappa shape index (κ3) is 19.9. The Kier molecular flexibility index (Phi) is 15.8. The monoisotopic (exact) mass is 470 g/mol. The molecule has 0 N–H and O–H groups in total. The lowest BCUT2D eigenvalue weighted by Crippen LogP contribution is -2.42. The Balaban J connectivity index is 4.96. The van der Waals surface area contributed by atoms with Crippen molar-refractivity contribution in [1.29, 1.82) is 0 Å². The highest BCUT2D eigenvalue weighted by atomic mass is 16.6. The molecule has 0 spiro atoms. The summed E-state index contributed by atoms with van der Waals surface area (Å²) in [6, 6.07) is 0.660. The summed E-state index contributed by atoms with van der Waals surface area (Å²) < 4.78 is 36.3. The second-order valence-corrected chi connectivity index (χ2v) is 11.6. The van der Waals surface area contributed by atoms with Crippen LogP contribution in [0.1, 0.15) is 81.6 Å². The lowest BCUT2D eigenvalue weighted by Gasteiger charge is -2.35. The fraction of sp³-hybridized carbons (Fsp3) is 1.00. The molecule has 0 radical (unpaired) electrons. The molecule has 9 heteroatoms. The summed E-state index contributed by atoms with van der Waals surface area (Å²) in [5, 5.41) is 0. The van der Waals surface area contributed by atoms with Gasteiger partial charge in [-0.1, -0.05) is 0 Å². The first-order valence-electron chi connectivity index (χ1n) is 12.8. The lowest BCUT2D eigenvalue weighted by molar-refractivity contribution is -0.174. The van der Waals surface area contributed by atoms with Crippen LogP contribution in [0.5, 0.6) is 0 Å². The third-order valence-electron chi connectivity index (χ3n) is 5.27. The molecule has 33 heavy (non-hydrogen) atoms. The van der Waals surface area contributed by atoms with Crippen molar-refractivity contribution in [2.75, 3.05) is 33.0 Å². The van der Waals surface area contributed by atoms with Crippen molar-refractivity contribution in [3.63, 3.8) is 0 Å². The minimum atomic E-state index is -0.345. The molecule has 194 valence electrons. The van der Waals surface area contributed by atoms with E-state index in [0.29, 0.717) is 33.0 Å². The third-order valence-corrected chi connectivity index (χ3v) is 5.27. The number of rotatable bonds is 20. The molecule has 0 amide bonds. The highest BCUT2D eigenvalue weighted by Crippen LogP contribution is 2.23. The van der Waals surface area contributed by atoms with Crippen LogP contribution in [0, 0.1) is 0 Å². The van der Waals surface area contributed by atoms with Crippen LogP contribution in [-0.2, 0) is 28.4 Å². The number of ether oxygens (including phenoxy) is 6. The minimum absolute atomic E-state index is 0.186. The van der Waals surface area contributed by atoms with Gasteiger partial charge in [-0.05, 0) is 81.6 Å². The average molecular weight is 470 g/mol. The van der Waals surface area contributed by atoms with E-state index in [2.05, 4.69) is 56.3 Å². The van der Waals surface area contributed by atoms with E-state index in [1.165, 1.54) is 0 Å². The molecule has 0 aromatic heterocycles. The van der Waals surface area contributed by atoms with Gasteiger partial charge < -0.3 is 28.4 Å². The molecule has 0 saturated carbocycles. The summed E-state index contributed by atoms with van der Waals surface area (Å²) in [4.78, 5) is 0. The first-order chi connectivity index (χ1) is 15.0. The van der Waals surface area contributed by atoms with E-state index in [9.17, 15) is 0 Å². The van der Waals surface area contributed by atoms with E-state index in [0.717, 1.165) is 19.3 Å².